The fraction of sp³-hybridized carbons (Fsp3) is 0.0149. The first-order valence-corrected chi connectivity index (χ1v) is 49.8. The predicted octanol–water partition coefficient (Wildman–Crippen LogP) is 30.7. The van der Waals surface area contributed by atoms with E-state index in [0.29, 0.717) is 22.4 Å². The molecule has 681 valence electrons. The van der Waals surface area contributed by atoms with E-state index in [-0.39, 0.29) is 11.3 Å². The van der Waals surface area contributed by atoms with E-state index in [9.17, 15) is 5.26 Å². The van der Waals surface area contributed by atoms with Gasteiger partial charge in [0.05, 0.1) is 52.2 Å². The van der Waals surface area contributed by atoms with Gasteiger partial charge in [0.15, 0.2) is 0 Å². The molecule has 24 aromatic rings. The van der Waals surface area contributed by atoms with Crippen molar-refractivity contribution >= 4 is 115 Å². The molecule has 20 aromatic carbocycles. The topological polar surface area (TPSA) is 77.0 Å². The van der Waals surface area contributed by atoms with E-state index in [1.54, 1.807) is 8.96 Å². The van der Waals surface area contributed by atoms with Gasteiger partial charge in [-0.3, -0.25) is 13.3 Å². The Bertz CT molecular complexity index is 9620. The third-order valence-electron chi connectivity index (χ3n) is 30.7. The normalized spacial score (nSPS) is 13.1. The maximum atomic E-state index is 18.2. The zero-order valence-corrected chi connectivity index (χ0v) is 79.5. The third-order valence-corrected chi connectivity index (χ3v) is 30.7. The van der Waals surface area contributed by atoms with Crippen LogP contribution in [0.2, 0.25) is 0 Å². The minimum absolute atomic E-state index is 0.232. The van der Waals surface area contributed by atoms with Crippen molar-refractivity contribution in [3.05, 3.63) is 588 Å². The zero-order valence-electron chi connectivity index (χ0n) is 79.5. The Hall–Kier alpha value is -19.5. The van der Waals surface area contributed by atoms with Crippen LogP contribution in [0.5, 0.6) is 0 Å². The molecule has 4 aliphatic rings. The first-order chi connectivity index (χ1) is 72.7. The molecule has 0 atom stereocenters. The fourth-order valence-electron chi connectivity index (χ4n) is 24.2. The molecule has 0 unspecified atom stereocenters. The van der Waals surface area contributed by atoms with E-state index in [0.717, 1.165) is 134 Å². The van der Waals surface area contributed by atoms with Gasteiger partial charge in [-0.05, 0) is 263 Å². The monoisotopic (exact) mass is 1870 g/mol. The van der Waals surface area contributed by atoms with E-state index >= 15 is 4.32 Å². The van der Waals surface area contributed by atoms with Gasteiger partial charge in [0.25, 0.3) is 0 Å². The maximum Gasteiger partial charge on any atom is 0.727 e. The highest BCUT2D eigenvalue weighted by Crippen LogP contribution is 2.62. The zero-order chi connectivity index (χ0) is 97.5. The molecule has 0 N–H and O–H groups in total. The number of hydrogen-bond donors (Lipinski definition) is 0. The standard InChI is InChI=1S/C134H84B2FN10/c1-139-130(94-62-76-106(77-63-94)145(102-68-54-90(55-69-102)88-30-10-3-11-31-88)103-70-56-91(57-71-103)95-64-82-124-140-131-115-46-24-42-111-107(78-80-122(128(111)115)146(131)135-142(124)85-95)109-44-26-50-120-126(109)113-40-20-22-48-118(113)133(120,97-32-12-4-13-33-97)98-34-14-5-15-35-98)117(84-138)93-60-74-105(75-61-93)144(101-66-52-89(53-67-101)87-28-8-2-9-29-87)104-72-58-92(59-73-104)96-65-83-125-141-132-116-47-25-43-112-108(79-81-123(129(112)116)147(132)136(137)143(125)86-96)110-45-27-51-121-127(110)114-41-21-23-49-119(114)134(121,99-36-16-6-17-37-99)100-38-18-7-19-39-100/h2-83,85-86H/q+2/b130-117-. The lowest BCUT2D eigenvalue weighted by Crippen LogP contribution is -2.58. The number of pyridine rings is 2. The van der Waals surface area contributed by atoms with Crippen molar-refractivity contribution in [3.8, 4) is 95.1 Å². The number of fused-ring (bicyclic) bond motifs is 14. The molecule has 2 aliphatic heterocycles. The summed E-state index contributed by atoms with van der Waals surface area (Å²) in [6.07, 6.45) is 4.05. The molecular weight excluding hydrogens is 1790 g/mol. The first-order valence-electron chi connectivity index (χ1n) is 49.8. The van der Waals surface area contributed by atoms with Crippen LogP contribution in [0.4, 0.5) is 50.1 Å². The van der Waals surface area contributed by atoms with Gasteiger partial charge in [-0.1, -0.05) is 376 Å². The van der Waals surface area contributed by atoms with Crippen molar-refractivity contribution in [2.75, 3.05) is 9.80 Å². The number of allylic oxidation sites excluding steroid dienone is 1. The number of halogens is 1. The van der Waals surface area contributed by atoms with Crippen LogP contribution < -0.4 is 29.7 Å². The summed E-state index contributed by atoms with van der Waals surface area (Å²) in [5.74, 6) is 1.34. The maximum absolute atomic E-state index is 18.2. The average molecular weight is 1870 g/mol. The van der Waals surface area contributed by atoms with Crippen molar-refractivity contribution in [2.45, 2.75) is 10.8 Å². The quantitative estimate of drug-likeness (QED) is 0.0372. The van der Waals surface area contributed by atoms with Gasteiger partial charge in [0, 0.05) is 79.2 Å². The van der Waals surface area contributed by atoms with Crippen LogP contribution in [0.25, 0.3) is 148 Å². The fourth-order valence-corrected chi connectivity index (χ4v) is 24.2. The van der Waals surface area contributed by atoms with Crippen LogP contribution in [-0.4, -0.2) is 23.8 Å². The molecule has 4 aromatic heterocycles. The Balaban J connectivity index is 0.466. The number of aromatic nitrogens is 4. The van der Waals surface area contributed by atoms with Crippen molar-refractivity contribution in [3.63, 3.8) is 0 Å². The summed E-state index contributed by atoms with van der Waals surface area (Å²) in [5, 5.41) is 17.6. The smallest absolute Gasteiger partial charge is 0.311 e. The summed E-state index contributed by atoms with van der Waals surface area (Å²) in [6, 6.07) is 179. The molecule has 1 radical (unpaired) electrons. The number of rotatable bonds is 18. The molecule has 0 amide bonds. The highest BCUT2D eigenvalue weighted by atomic mass is 19.1. The summed E-state index contributed by atoms with van der Waals surface area (Å²) in [6.45, 7) is 8.81. The van der Waals surface area contributed by atoms with Gasteiger partial charge in [-0.2, -0.15) is 5.26 Å². The minimum Gasteiger partial charge on any atom is -0.311 e. The molecule has 2 aliphatic carbocycles. The minimum atomic E-state index is -1.62. The Morgan fingerprint density at radius 1 is 0.313 bits per heavy atom. The van der Waals surface area contributed by atoms with Crippen molar-refractivity contribution in [2.24, 2.45) is 9.98 Å². The number of nitrogens with zero attached hydrogens (tertiary/aromatic N) is 10. The van der Waals surface area contributed by atoms with Crippen molar-refractivity contribution in [1.82, 2.24) is 8.96 Å². The van der Waals surface area contributed by atoms with E-state index in [4.69, 9.17) is 16.6 Å². The number of nitriles is 1. The van der Waals surface area contributed by atoms with E-state index in [1.807, 2.05) is 91.1 Å². The Morgan fingerprint density at radius 3 is 1.10 bits per heavy atom. The van der Waals surface area contributed by atoms with Gasteiger partial charge in [0.1, 0.15) is 0 Å². The Labute approximate surface area is 850 Å². The lowest BCUT2D eigenvalue weighted by atomic mass is 9.67. The molecule has 0 saturated heterocycles. The van der Waals surface area contributed by atoms with Crippen LogP contribution in [0.15, 0.2) is 520 Å². The Kier molecular flexibility index (Phi) is 20.1. The van der Waals surface area contributed by atoms with E-state index < -0.39 is 18.1 Å². The highest BCUT2D eigenvalue weighted by molar-refractivity contribution is 6.42. The van der Waals surface area contributed by atoms with E-state index in [2.05, 4.69) is 456 Å². The lowest BCUT2D eigenvalue weighted by Gasteiger charge is -2.34. The molecule has 28 rings (SSSR count). The summed E-state index contributed by atoms with van der Waals surface area (Å²) in [5.41, 5.74) is 36.8. The predicted molar refractivity (Wildman–Crippen MR) is 595 cm³/mol. The van der Waals surface area contributed by atoms with Gasteiger partial charge in [-0.25, -0.2) is 9.32 Å². The number of benzene rings is 20. The van der Waals surface area contributed by atoms with Gasteiger partial charge in [-0.15, -0.1) is 0 Å². The summed E-state index contributed by atoms with van der Waals surface area (Å²) in [4.78, 5) is 19.3. The summed E-state index contributed by atoms with van der Waals surface area (Å²) in [7, 11) is 0.560. The average Bonchev–Trinajstić information content (AvgIpc) is 1.53. The van der Waals surface area contributed by atoms with E-state index in [1.165, 1.54) is 88.7 Å². The largest absolute Gasteiger partial charge is 0.727 e. The van der Waals surface area contributed by atoms with Gasteiger partial charge >= 0.3 is 26.4 Å². The summed E-state index contributed by atoms with van der Waals surface area (Å²) < 4.78 is 26.0. The molecule has 0 fully saturated rings. The van der Waals surface area contributed by atoms with Crippen LogP contribution in [0.1, 0.15) is 55.6 Å². The second-order valence-corrected chi connectivity index (χ2v) is 38.3. The summed E-state index contributed by atoms with van der Waals surface area (Å²) >= 11 is 0. The van der Waals surface area contributed by atoms with Gasteiger partial charge < -0.3 is 14.3 Å². The van der Waals surface area contributed by atoms with Crippen molar-refractivity contribution < 1.29 is 13.3 Å². The molecule has 147 heavy (non-hydrogen) atoms. The van der Waals surface area contributed by atoms with Crippen LogP contribution in [0.3, 0.4) is 0 Å². The Morgan fingerprint density at radius 2 is 0.653 bits per heavy atom. The molecule has 10 nitrogen and oxygen atoms in total. The van der Waals surface area contributed by atoms with Crippen molar-refractivity contribution in [1.29, 1.82) is 5.26 Å². The molecule has 13 heteroatoms. The second-order valence-electron chi connectivity index (χ2n) is 38.3. The number of hydrogen-bond acceptors (Lipinski definition) is 5. The molecule has 0 spiro atoms. The second kappa shape index (κ2) is 34.5. The molecule has 0 saturated carbocycles. The third kappa shape index (κ3) is 13.4. The van der Waals surface area contributed by atoms with Gasteiger partial charge in [0.2, 0.25) is 16.7 Å². The SMILES string of the molecule is [C-]#[N+]/C(=C(/C#N)c1ccc(N(c2ccc(-c3ccccc3)cc2)c2ccc(-c3ccc4[n+](c3)B(F)n3c(c5cccc6c(-c7cccc8c7-c7ccccc7C8(c7ccccc7)c7ccccc7)ccc3c65)=N4)cc2)cc1)c1ccc(N(c2ccc(-c3ccccc3)cc2)c2ccc(-c3ccc4[n+](c3)[B]n3c(c5cccc6c(-c7cccc8c7-c7ccccc7C8(c7ccccc7)c7ccccc7)ccc3c65)=N4)cc2)cc1. The van der Waals surface area contributed by atoms with Crippen LogP contribution >= 0.6 is 0 Å². The lowest BCUT2D eigenvalue weighted by molar-refractivity contribution is -0.535. The number of anilines is 6. The van der Waals surface area contributed by atoms with Crippen LogP contribution in [-0.2, 0) is 10.8 Å². The van der Waals surface area contributed by atoms with Crippen LogP contribution in [0, 0.1) is 17.9 Å². The molecular formula is C134H84B2FN10+2. The first kappa shape index (κ1) is 85.5. The molecule has 0 bridgehead atoms. The molecule has 6 heterocycles. The highest BCUT2D eigenvalue weighted by Gasteiger charge is 2.50.